The molecule has 0 bridgehead atoms. The predicted octanol–water partition coefficient (Wildman–Crippen LogP) is 1.95. The minimum absolute atomic E-state index is 0.163. The highest BCUT2D eigenvalue weighted by Gasteiger charge is 2.36. The van der Waals surface area contributed by atoms with Crippen LogP contribution in [-0.4, -0.2) is 17.7 Å². The van der Waals surface area contributed by atoms with Crippen molar-refractivity contribution < 1.29 is 4.21 Å². The van der Waals surface area contributed by atoms with Crippen LogP contribution in [0.3, 0.4) is 0 Å². The second kappa shape index (κ2) is 3.12. The molecular weight excluding hydrogens is 188 g/mol. The van der Waals surface area contributed by atoms with Gasteiger partial charge in [-0.1, -0.05) is 33.9 Å². The highest BCUT2D eigenvalue weighted by atomic mass is 32.2. The Morgan fingerprint density at radius 2 is 1.75 bits per heavy atom. The molecule has 3 N–H and O–H groups in total. The van der Waals surface area contributed by atoms with Crippen LogP contribution in [0.4, 0.5) is 0 Å². The molecule has 0 rings (SSSR count). The fourth-order valence-corrected chi connectivity index (χ4v) is 6.77. The van der Waals surface area contributed by atoms with Gasteiger partial charge in [-0.3, -0.25) is 0 Å². The maximum Gasteiger partial charge on any atom is 0.0996 e. The van der Waals surface area contributed by atoms with Gasteiger partial charge in [0.15, 0.2) is 0 Å². The van der Waals surface area contributed by atoms with Crippen molar-refractivity contribution >= 4 is 18.0 Å². The van der Waals surface area contributed by atoms with Gasteiger partial charge in [0.05, 0.1) is 18.0 Å². The highest BCUT2D eigenvalue weighted by molar-refractivity contribution is 7.92. The van der Waals surface area contributed by atoms with E-state index in [2.05, 4.69) is 33.9 Å². The second-order valence-corrected chi connectivity index (χ2v) is 12.9. The Hall–Kier alpha value is 0.127. The van der Waals surface area contributed by atoms with Gasteiger partial charge in [-0.05, 0) is 5.04 Å². The Bertz CT molecular complexity index is 251. The Labute approximate surface area is 76.9 Å². The molecule has 0 aromatic carbocycles. The van der Waals surface area contributed by atoms with E-state index in [9.17, 15) is 4.21 Å². The molecule has 0 amide bonds. The Kier molecular flexibility index (Phi) is 3.15. The summed E-state index contributed by atoms with van der Waals surface area (Å²) < 4.78 is 18.3. The van der Waals surface area contributed by atoms with E-state index in [1.807, 2.05) is 0 Å². The van der Waals surface area contributed by atoms with Crippen molar-refractivity contribution in [3.05, 3.63) is 0 Å². The lowest BCUT2D eigenvalue weighted by Crippen LogP contribution is -2.45. The van der Waals surface area contributed by atoms with E-state index in [0.717, 1.165) is 0 Å². The molecule has 0 saturated carbocycles. The first-order valence-electron chi connectivity index (χ1n) is 4.00. The molecule has 0 aliphatic carbocycles. The summed E-state index contributed by atoms with van der Waals surface area (Å²) >= 11 is 0. The average molecular weight is 208 g/mol. The van der Waals surface area contributed by atoms with Crippen molar-refractivity contribution in [3.63, 3.8) is 0 Å². The SMILES string of the molecule is CC(C)(C)[Si](C)(C)CS(=N)(N)=O. The molecule has 0 aliphatic heterocycles. The molecule has 0 aromatic rings. The summed E-state index contributed by atoms with van der Waals surface area (Å²) in [6.45, 7) is 10.7. The van der Waals surface area contributed by atoms with Crippen LogP contribution in [0.1, 0.15) is 20.8 Å². The molecule has 0 radical (unpaired) electrons. The van der Waals surface area contributed by atoms with E-state index in [1.165, 1.54) is 0 Å². The van der Waals surface area contributed by atoms with E-state index in [1.54, 1.807) is 0 Å². The summed E-state index contributed by atoms with van der Waals surface area (Å²) in [5, 5.41) is 5.80. The fraction of sp³-hybridized carbons (Fsp3) is 1.00. The van der Waals surface area contributed by atoms with Crippen LogP contribution in [0.25, 0.3) is 0 Å². The summed E-state index contributed by atoms with van der Waals surface area (Å²) in [6.07, 6.45) is 0. The van der Waals surface area contributed by atoms with Gasteiger partial charge in [-0.25, -0.2) is 14.1 Å². The summed E-state index contributed by atoms with van der Waals surface area (Å²) in [4.78, 5) is 0. The second-order valence-electron chi connectivity index (χ2n) is 5.00. The van der Waals surface area contributed by atoms with Gasteiger partial charge in [-0.2, -0.15) is 0 Å². The lowest BCUT2D eigenvalue weighted by atomic mass is 10.2. The summed E-state index contributed by atoms with van der Waals surface area (Å²) in [5.41, 5.74) is 0. The third kappa shape index (κ3) is 3.69. The van der Waals surface area contributed by atoms with Gasteiger partial charge >= 0.3 is 0 Å². The minimum atomic E-state index is -2.80. The third-order valence-electron chi connectivity index (χ3n) is 2.61. The van der Waals surface area contributed by atoms with Gasteiger partial charge in [0.25, 0.3) is 0 Å². The molecule has 3 nitrogen and oxygen atoms in total. The first-order valence-corrected chi connectivity index (χ1v) is 9.00. The van der Waals surface area contributed by atoms with E-state index < -0.39 is 18.0 Å². The topological polar surface area (TPSA) is 66.9 Å². The molecule has 1 atom stereocenters. The van der Waals surface area contributed by atoms with Gasteiger partial charge < -0.3 is 0 Å². The number of nitrogens with one attached hydrogen (secondary N) is 1. The quantitative estimate of drug-likeness (QED) is 0.669. The van der Waals surface area contributed by atoms with Gasteiger partial charge in [0.1, 0.15) is 0 Å². The van der Waals surface area contributed by atoms with E-state index in [0.29, 0.717) is 5.38 Å². The van der Waals surface area contributed by atoms with E-state index >= 15 is 0 Å². The molecule has 0 saturated heterocycles. The van der Waals surface area contributed by atoms with Gasteiger partial charge in [0.2, 0.25) is 0 Å². The van der Waals surface area contributed by atoms with Crippen LogP contribution < -0.4 is 5.14 Å². The van der Waals surface area contributed by atoms with Gasteiger partial charge in [-0.15, -0.1) is 0 Å². The molecule has 1 unspecified atom stereocenters. The van der Waals surface area contributed by atoms with Crippen LogP contribution in [0.5, 0.6) is 0 Å². The van der Waals surface area contributed by atoms with E-state index in [-0.39, 0.29) is 5.04 Å². The smallest absolute Gasteiger partial charge is 0.0996 e. The number of hydrogen-bond donors (Lipinski definition) is 2. The Balaban J connectivity index is 4.67. The van der Waals surface area contributed by atoms with E-state index in [4.69, 9.17) is 9.92 Å². The van der Waals surface area contributed by atoms with Crippen LogP contribution in [-0.2, 0) is 9.92 Å². The van der Waals surface area contributed by atoms with Crippen molar-refractivity contribution in [2.45, 2.75) is 38.9 Å². The van der Waals surface area contributed by atoms with Crippen LogP contribution >= 0.6 is 0 Å². The largest absolute Gasteiger partial charge is 0.245 e. The average Bonchev–Trinajstić information content (AvgIpc) is 1.52. The van der Waals surface area contributed by atoms with Crippen LogP contribution in [0.2, 0.25) is 18.1 Å². The number of rotatable bonds is 2. The fourth-order valence-electron chi connectivity index (χ4n) is 0.753. The lowest BCUT2D eigenvalue weighted by Gasteiger charge is -2.36. The predicted molar refractivity (Wildman–Crippen MR) is 57.1 cm³/mol. The molecule has 0 heterocycles. The molecule has 12 heavy (non-hydrogen) atoms. The highest BCUT2D eigenvalue weighted by Crippen LogP contribution is 2.36. The Morgan fingerprint density at radius 3 is 1.83 bits per heavy atom. The molecule has 0 fully saturated rings. The maximum atomic E-state index is 11.1. The van der Waals surface area contributed by atoms with Crippen LogP contribution in [0.15, 0.2) is 0 Å². The molecule has 74 valence electrons. The number of nitrogens with two attached hydrogens (primary N) is 1. The van der Waals surface area contributed by atoms with Crippen LogP contribution in [0, 0.1) is 4.78 Å². The normalized spacial score (nSPS) is 18.8. The molecule has 5 heteroatoms. The van der Waals surface area contributed by atoms with Crippen molar-refractivity contribution in [3.8, 4) is 0 Å². The zero-order valence-electron chi connectivity index (χ0n) is 8.60. The summed E-state index contributed by atoms with van der Waals surface area (Å²) in [5.74, 6) is 0. The van der Waals surface area contributed by atoms with Crippen molar-refractivity contribution in [1.82, 2.24) is 0 Å². The zero-order valence-corrected chi connectivity index (χ0v) is 10.4. The monoisotopic (exact) mass is 208 g/mol. The molecule has 0 aromatic heterocycles. The minimum Gasteiger partial charge on any atom is -0.245 e. The van der Waals surface area contributed by atoms with Crippen molar-refractivity contribution in [2.75, 3.05) is 5.38 Å². The van der Waals surface area contributed by atoms with Crippen molar-refractivity contribution in [1.29, 1.82) is 4.78 Å². The standard InChI is InChI=1S/C7H20N2OSSi/c1-7(2,3)12(4,5)6-11(8,9)10/h6H2,1-5H3,(H3,8,9,10). The van der Waals surface area contributed by atoms with Crippen molar-refractivity contribution in [2.24, 2.45) is 5.14 Å². The molecular formula is C7H20N2OSSi. The van der Waals surface area contributed by atoms with Gasteiger partial charge in [0, 0.05) is 5.38 Å². The molecule has 0 aliphatic rings. The third-order valence-corrected chi connectivity index (χ3v) is 11.3. The first-order chi connectivity index (χ1) is 4.96. The zero-order chi connectivity index (χ0) is 10.2. The summed E-state index contributed by atoms with van der Waals surface area (Å²) in [6, 6.07) is 0. The number of hydrogen-bond acceptors (Lipinski definition) is 2. The maximum absolute atomic E-state index is 11.1. The summed E-state index contributed by atoms with van der Waals surface area (Å²) in [7, 11) is -4.43. The first kappa shape index (κ1) is 12.1. The lowest BCUT2D eigenvalue weighted by molar-refractivity contribution is 0.675. The molecule has 0 spiro atoms. The Morgan fingerprint density at radius 1 is 1.42 bits per heavy atom.